The first-order chi connectivity index (χ1) is 9.70. The summed E-state index contributed by atoms with van der Waals surface area (Å²) in [6, 6.07) is 6.92. The van der Waals surface area contributed by atoms with Crippen molar-refractivity contribution in [2.75, 3.05) is 11.9 Å². The van der Waals surface area contributed by atoms with Gasteiger partial charge in [-0.15, -0.1) is 0 Å². The minimum absolute atomic E-state index is 0.716. The van der Waals surface area contributed by atoms with Gasteiger partial charge in [0, 0.05) is 45.0 Å². The van der Waals surface area contributed by atoms with Gasteiger partial charge in [-0.1, -0.05) is 6.07 Å². The molecule has 1 N–H and O–H groups in total. The topological polar surface area (TPSA) is 46.0 Å². The molecule has 0 radical (unpaired) electrons. The molecule has 2 aromatic heterocycles. The molecule has 2 heterocycles. The first kappa shape index (κ1) is 13.1. The minimum atomic E-state index is 0.716. The van der Waals surface area contributed by atoms with Crippen molar-refractivity contribution in [2.45, 2.75) is 32.0 Å². The Labute approximate surface area is 119 Å². The highest BCUT2D eigenvalue weighted by atomic mass is 15.2. The Hall–Kier alpha value is -1.88. The zero-order valence-electron chi connectivity index (χ0n) is 12.1. The molecule has 5 heteroatoms. The lowest BCUT2D eigenvalue weighted by atomic mass is 10.3. The van der Waals surface area contributed by atoms with Gasteiger partial charge >= 0.3 is 0 Å². The third-order valence-corrected chi connectivity index (χ3v) is 3.51. The van der Waals surface area contributed by atoms with Crippen LogP contribution in [0.15, 0.2) is 30.6 Å². The third kappa shape index (κ3) is 3.36. The number of hydrogen-bond acceptors (Lipinski definition) is 4. The number of nitrogens with zero attached hydrogens (tertiary/aromatic N) is 4. The maximum absolute atomic E-state index is 4.71. The maximum atomic E-state index is 4.71. The molecule has 0 aliphatic heterocycles. The molecule has 0 spiro atoms. The van der Waals surface area contributed by atoms with Gasteiger partial charge in [-0.25, -0.2) is 4.98 Å². The number of anilines is 1. The first-order valence-electron chi connectivity index (χ1n) is 7.09. The van der Waals surface area contributed by atoms with Crippen molar-refractivity contribution in [3.05, 3.63) is 41.9 Å². The molecule has 0 atom stereocenters. The smallest absolute Gasteiger partial charge is 0.128 e. The summed E-state index contributed by atoms with van der Waals surface area (Å²) in [6.07, 6.45) is 6.55. The van der Waals surface area contributed by atoms with E-state index in [2.05, 4.69) is 40.6 Å². The predicted octanol–water partition coefficient (Wildman–Crippen LogP) is 1.70. The standard InChI is InChI=1S/C15H21N5/c1-19(10-12-8-17-20(2)11-12)15-5-3-4-14(18-15)9-16-13-6-7-13/h3-5,8,11,13,16H,6-7,9-10H2,1-2H3. The Kier molecular flexibility index (Phi) is 3.69. The zero-order chi connectivity index (χ0) is 13.9. The van der Waals surface area contributed by atoms with E-state index in [1.807, 2.05) is 24.1 Å². The molecule has 0 unspecified atom stereocenters. The monoisotopic (exact) mass is 271 g/mol. The van der Waals surface area contributed by atoms with Crippen LogP contribution < -0.4 is 10.2 Å². The maximum Gasteiger partial charge on any atom is 0.128 e. The average Bonchev–Trinajstić information content (AvgIpc) is 3.19. The molecule has 20 heavy (non-hydrogen) atoms. The Morgan fingerprint density at radius 3 is 2.95 bits per heavy atom. The lowest BCUT2D eigenvalue weighted by Crippen LogP contribution is -2.20. The second-order valence-corrected chi connectivity index (χ2v) is 5.52. The second kappa shape index (κ2) is 5.63. The van der Waals surface area contributed by atoms with E-state index in [1.165, 1.54) is 18.4 Å². The summed E-state index contributed by atoms with van der Waals surface area (Å²) in [5.41, 5.74) is 2.30. The molecule has 1 aliphatic carbocycles. The summed E-state index contributed by atoms with van der Waals surface area (Å²) in [6.45, 7) is 1.68. The largest absolute Gasteiger partial charge is 0.355 e. The molecule has 106 valence electrons. The van der Waals surface area contributed by atoms with Crippen LogP contribution in [-0.2, 0) is 20.1 Å². The normalized spacial score (nSPS) is 14.5. The molecule has 0 aromatic carbocycles. The van der Waals surface area contributed by atoms with E-state index in [-0.39, 0.29) is 0 Å². The molecular weight excluding hydrogens is 250 g/mol. The van der Waals surface area contributed by atoms with E-state index in [4.69, 9.17) is 4.98 Å². The fourth-order valence-electron chi connectivity index (χ4n) is 2.22. The van der Waals surface area contributed by atoms with Crippen molar-refractivity contribution < 1.29 is 0 Å². The van der Waals surface area contributed by atoms with Gasteiger partial charge in [0.15, 0.2) is 0 Å². The van der Waals surface area contributed by atoms with Crippen LogP contribution >= 0.6 is 0 Å². The van der Waals surface area contributed by atoms with Crippen molar-refractivity contribution in [2.24, 2.45) is 7.05 Å². The number of rotatable bonds is 6. The summed E-state index contributed by atoms with van der Waals surface area (Å²) in [4.78, 5) is 6.86. The van der Waals surface area contributed by atoms with E-state index in [0.29, 0.717) is 6.04 Å². The number of aryl methyl sites for hydroxylation is 1. The van der Waals surface area contributed by atoms with Crippen LogP contribution in [0.1, 0.15) is 24.1 Å². The van der Waals surface area contributed by atoms with Gasteiger partial charge in [-0.05, 0) is 25.0 Å². The third-order valence-electron chi connectivity index (χ3n) is 3.51. The van der Waals surface area contributed by atoms with Gasteiger partial charge in [0.2, 0.25) is 0 Å². The molecule has 1 fully saturated rings. The average molecular weight is 271 g/mol. The van der Waals surface area contributed by atoms with Gasteiger partial charge in [-0.2, -0.15) is 5.10 Å². The van der Waals surface area contributed by atoms with Crippen LogP contribution in [0.2, 0.25) is 0 Å². The van der Waals surface area contributed by atoms with E-state index >= 15 is 0 Å². The molecule has 3 rings (SSSR count). The van der Waals surface area contributed by atoms with Crippen LogP contribution in [0.5, 0.6) is 0 Å². The Balaban J connectivity index is 1.63. The van der Waals surface area contributed by atoms with Crippen LogP contribution in [0.3, 0.4) is 0 Å². The first-order valence-corrected chi connectivity index (χ1v) is 7.09. The number of aromatic nitrogens is 3. The van der Waals surface area contributed by atoms with Crippen molar-refractivity contribution in [1.82, 2.24) is 20.1 Å². The molecular formula is C15H21N5. The van der Waals surface area contributed by atoms with Gasteiger partial charge in [0.25, 0.3) is 0 Å². The second-order valence-electron chi connectivity index (χ2n) is 5.52. The molecule has 0 saturated heterocycles. The van der Waals surface area contributed by atoms with Crippen LogP contribution in [0.25, 0.3) is 0 Å². The van der Waals surface area contributed by atoms with Crippen LogP contribution in [-0.4, -0.2) is 27.9 Å². The number of nitrogens with one attached hydrogen (secondary N) is 1. The highest BCUT2D eigenvalue weighted by molar-refractivity contribution is 5.39. The van der Waals surface area contributed by atoms with E-state index in [9.17, 15) is 0 Å². The van der Waals surface area contributed by atoms with Crippen LogP contribution in [0, 0.1) is 0 Å². The Morgan fingerprint density at radius 2 is 2.25 bits per heavy atom. The van der Waals surface area contributed by atoms with Gasteiger partial charge < -0.3 is 10.2 Å². The van der Waals surface area contributed by atoms with Gasteiger partial charge in [-0.3, -0.25) is 4.68 Å². The summed E-state index contributed by atoms with van der Waals surface area (Å²) in [7, 11) is 4.00. The zero-order valence-corrected chi connectivity index (χ0v) is 12.1. The summed E-state index contributed by atoms with van der Waals surface area (Å²) in [5, 5.41) is 7.69. The van der Waals surface area contributed by atoms with Crippen molar-refractivity contribution in [1.29, 1.82) is 0 Å². The lowest BCUT2D eigenvalue weighted by Gasteiger charge is -2.18. The summed E-state index contributed by atoms with van der Waals surface area (Å²) >= 11 is 0. The van der Waals surface area contributed by atoms with Crippen molar-refractivity contribution in [3.63, 3.8) is 0 Å². The minimum Gasteiger partial charge on any atom is -0.355 e. The van der Waals surface area contributed by atoms with Gasteiger partial charge in [0.05, 0.1) is 11.9 Å². The van der Waals surface area contributed by atoms with E-state index in [1.54, 1.807) is 0 Å². The molecule has 1 saturated carbocycles. The molecule has 1 aliphatic rings. The highest BCUT2D eigenvalue weighted by Gasteiger charge is 2.20. The highest BCUT2D eigenvalue weighted by Crippen LogP contribution is 2.19. The fraction of sp³-hybridized carbons (Fsp3) is 0.467. The molecule has 2 aromatic rings. The molecule has 0 bridgehead atoms. The van der Waals surface area contributed by atoms with Crippen molar-refractivity contribution in [3.8, 4) is 0 Å². The predicted molar refractivity (Wildman–Crippen MR) is 79.4 cm³/mol. The van der Waals surface area contributed by atoms with E-state index < -0.39 is 0 Å². The van der Waals surface area contributed by atoms with Crippen LogP contribution in [0.4, 0.5) is 5.82 Å². The van der Waals surface area contributed by atoms with E-state index in [0.717, 1.165) is 24.6 Å². The fourth-order valence-corrected chi connectivity index (χ4v) is 2.22. The summed E-state index contributed by atoms with van der Waals surface area (Å²) in [5.74, 6) is 1.00. The number of hydrogen-bond donors (Lipinski definition) is 1. The van der Waals surface area contributed by atoms with Gasteiger partial charge in [0.1, 0.15) is 5.82 Å². The van der Waals surface area contributed by atoms with Crippen molar-refractivity contribution >= 4 is 5.82 Å². The SMILES string of the molecule is CN(Cc1cnn(C)c1)c1cccc(CNC2CC2)n1. The number of pyridine rings is 1. The molecule has 5 nitrogen and oxygen atoms in total. The Bertz CT molecular complexity index is 573. The lowest BCUT2D eigenvalue weighted by molar-refractivity contribution is 0.673. The molecule has 0 amide bonds. The summed E-state index contributed by atoms with van der Waals surface area (Å²) < 4.78 is 1.83. The Morgan fingerprint density at radius 1 is 1.40 bits per heavy atom. The quantitative estimate of drug-likeness (QED) is 0.868.